The summed E-state index contributed by atoms with van der Waals surface area (Å²) < 4.78 is 15.3. The summed E-state index contributed by atoms with van der Waals surface area (Å²) in [6, 6.07) is 5.69. The van der Waals surface area contributed by atoms with Crippen molar-refractivity contribution >= 4 is 17.5 Å². The number of rotatable bonds is 4. The quantitative estimate of drug-likeness (QED) is 0.716. The molecule has 7 heteroatoms. The van der Waals surface area contributed by atoms with Gasteiger partial charge in [0.15, 0.2) is 11.6 Å². The normalized spacial score (nSPS) is 12.3. The SMILES string of the molecule is COc1cc(OC)c2c(c1)C(=O)c1c(O)cc(COC(C)=O)cc1C2=O. The van der Waals surface area contributed by atoms with Gasteiger partial charge in [0.1, 0.15) is 23.9 Å². The van der Waals surface area contributed by atoms with Gasteiger partial charge >= 0.3 is 5.97 Å². The predicted molar refractivity (Wildman–Crippen MR) is 90.0 cm³/mol. The number of phenols is 1. The van der Waals surface area contributed by atoms with E-state index in [9.17, 15) is 19.5 Å². The second-order valence-electron chi connectivity index (χ2n) is 5.73. The van der Waals surface area contributed by atoms with Crippen molar-refractivity contribution in [1.29, 1.82) is 0 Å². The number of benzene rings is 2. The van der Waals surface area contributed by atoms with E-state index in [1.165, 1.54) is 45.4 Å². The third-order valence-electron chi connectivity index (χ3n) is 4.09. The molecule has 0 saturated carbocycles. The first-order chi connectivity index (χ1) is 12.4. The molecule has 0 heterocycles. The summed E-state index contributed by atoms with van der Waals surface area (Å²) in [5, 5.41) is 10.3. The zero-order valence-corrected chi connectivity index (χ0v) is 14.4. The van der Waals surface area contributed by atoms with E-state index in [1.807, 2.05) is 0 Å². The first-order valence-corrected chi connectivity index (χ1v) is 7.72. The highest BCUT2D eigenvalue weighted by atomic mass is 16.5. The van der Waals surface area contributed by atoms with Crippen LogP contribution in [0.4, 0.5) is 0 Å². The van der Waals surface area contributed by atoms with E-state index in [0.717, 1.165) is 0 Å². The van der Waals surface area contributed by atoms with Crippen LogP contribution in [-0.2, 0) is 16.1 Å². The number of ketones is 2. The summed E-state index contributed by atoms with van der Waals surface area (Å²) in [6.45, 7) is 1.13. The Labute approximate surface area is 149 Å². The zero-order chi connectivity index (χ0) is 19.0. The number of methoxy groups -OCH3 is 2. The molecule has 0 saturated heterocycles. The monoisotopic (exact) mass is 356 g/mol. The Morgan fingerprint density at radius 2 is 1.62 bits per heavy atom. The molecule has 134 valence electrons. The van der Waals surface area contributed by atoms with Crippen LogP contribution in [0.1, 0.15) is 44.3 Å². The molecule has 0 fully saturated rings. The lowest BCUT2D eigenvalue weighted by Crippen LogP contribution is -2.22. The maximum atomic E-state index is 13.0. The van der Waals surface area contributed by atoms with Crippen molar-refractivity contribution in [3.05, 3.63) is 52.1 Å². The van der Waals surface area contributed by atoms with E-state index in [0.29, 0.717) is 11.3 Å². The molecule has 3 rings (SSSR count). The van der Waals surface area contributed by atoms with Crippen LogP contribution in [0.15, 0.2) is 24.3 Å². The van der Waals surface area contributed by atoms with Gasteiger partial charge in [-0.1, -0.05) is 0 Å². The number of ether oxygens (including phenoxy) is 3. The smallest absolute Gasteiger partial charge is 0.302 e. The van der Waals surface area contributed by atoms with Gasteiger partial charge in [0.2, 0.25) is 0 Å². The molecular formula is C19H16O7. The standard InChI is InChI=1S/C19H16O7/c1-9(20)26-8-10-4-12-16(14(21)5-10)18(22)13-6-11(24-2)7-15(25-3)17(13)19(12)23/h4-7,21H,8H2,1-3H3. The summed E-state index contributed by atoms with van der Waals surface area (Å²) in [5.41, 5.74) is 0.544. The van der Waals surface area contributed by atoms with Crippen LogP contribution in [0.3, 0.4) is 0 Å². The van der Waals surface area contributed by atoms with E-state index < -0.39 is 17.5 Å². The molecule has 2 aromatic rings. The average molecular weight is 356 g/mol. The molecule has 1 N–H and O–H groups in total. The fraction of sp³-hybridized carbons (Fsp3) is 0.211. The molecule has 26 heavy (non-hydrogen) atoms. The van der Waals surface area contributed by atoms with Crippen molar-refractivity contribution in [3.8, 4) is 17.2 Å². The molecule has 1 aliphatic rings. The molecule has 0 unspecified atom stereocenters. The lowest BCUT2D eigenvalue weighted by atomic mass is 9.82. The molecule has 0 aromatic heterocycles. The van der Waals surface area contributed by atoms with Crippen molar-refractivity contribution < 1.29 is 33.7 Å². The number of esters is 1. The molecule has 0 amide bonds. The van der Waals surface area contributed by atoms with Crippen LogP contribution in [0.5, 0.6) is 17.2 Å². The molecule has 0 radical (unpaired) electrons. The first kappa shape index (κ1) is 17.5. The zero-order valence-electron chi connectivity index (χ0n) is 14.4. The summed E-state index contributed by atoms with van der Waals surface area (Å²) in [4.78, 5) is 36.8. The van der Waals surface area contributed by atoms with Gasteiger partial charge in [-0.2, -0.15) is 0 Å². The Bertz CT molecular complexity index is 943. The van der Waals surface area contributed by atoms with Crippen molar-refractivity contribution in [2.45, 2.75) is 13.5 Å². The van der Waals surface area contributed by atoms with E-state index in [1.54, 1.807) is 0 Å². The van der Waals surface area contributed by atoms with Gasteiger partial charge in [0, 0.05) is 24.1 Å². The molecule has 0 aliphatic heterocycles. The third kappa shape index (κ3) is 2.77. The van der Waals surface area contributed by atoms with Gasteiger partial charge in [-0.15, -0.1) is 0 Å². The van der Waals surface area contributed by atoms with Crippen molar-refractivity contribution in [2.75, 3.05) is 14.2 Å². The van der Waals surface area contributed by atoms with Crippen molar-refractivity contribution in [1.82, 2.24) is 0 Å². The Hall–Kier alpha value is -3.35. The summed E-state index contributed by atoms with van der Waals surface area (Å²) in [5.74, 6) is -1.26. The summed E-state index contributed by atoms with van der Waals surface area (Å²) >= 11 is 0. The van der Waals surface area contributed by atoms with E-state index >= 15 is 0 Å². The third-order valence-corrected chi connectivity index (χ3v) is 4.09. The fourth-order valence-electron chi connectivity index (χ4n) is 2.92. The van der Waals surface area contributed by atoms with Gasteiger partial charge in [0.05, 0.1) is 25.3 Å². The van der Waals surface area contributed by atoms with E-state index in [-0.39, 0.29) is 40.4 Å². The molecule has 0 bridgehead atoms. The largest absolute Gasteiger partial charge is 0.507 e. The summed E-state index contributed by atoms with van der Waals surface area (Å²) in [6.07, 6.45) is 0. The van der Waals surface area contributed by atoms with Crippen LogP contribution in [0.2, 0.25) is 0 Å². The number of carbonyl (C=O) groups is 3. The maximum Gasteiger partial charge on any atom is 0.302 e. The molecule has 7 nitrogen and oxygen atoms in total. The number of hydrogen-bond donors (Lipinski definition) is 1. The Balaban J connectivity index is 2.18. The topological polar surface area (TPSA) is 99.1 Å². The average Bonchev–Trinajstić information content (AvgIpc) is 2.62. The van der Waals surface area contributed by atoms with Crippen LogP contribution in [0.25, 0.3) is 0 Å². The minimum absolute atomic E-state index is 0.0353. The molecular weight excluding hydrogens is 340 g/mol. The first-order valence-electron chi connectivity index (χ1n) is 7.72. The van der Waals surface area contributed by atoms with Gasteiger partial charge in [-0.3, -0.25) is 14.4 Å². The lowest BCUT2D eigenvalue weighted by Gasteiger charge is -2.22. The minimum Gasteiger partial charge on any atom is -0.507 e. The van der Waals surface area contributed by atoms with Gasteiger partial charge in [-0.05, 0) is 23.8 Å². The maximum absolute atomic E-state index is 13.0. The van der Waals surface area contributed by atoms with Crippen LogP contribution in [0, 0.1) is 0 Å². The Morgan fingerprint density at radius 3 is 2.23 bits per heavy atom. The fourth-order valence-corrected chi connectivity index (χ4v) is 2.92. The van der Waals surface area contributed by atoms with Gasteiger partial charge in [0.25, 0.3) is 0 Å². The number of fused-ring (bicyclic) bond motifs is 2. The van der Waals surface area contributed by atoms with Gasteiger partial charge in [-0.25, -0.2) is 0 Å². The Kier molecular flexibility index (Phi) is 4.38. The number of phenolic OH excluding ortho intramolecular Hbond substituents is 1. The van der Waals surface area contributed by atoms with Crippen LogP contribution in [-0.4, -0.2) is 36.9 Å². The predicted octanol–water partition coefficient (Wildman–Crippen LogP) is 2.25. The highest BCUT2D eigenvalue weighted by molar-refractivity contribution is 6.30. The lowest BCUT2D eigenvalue weighted by molar-refractivity contribution is -0.142. The highest BCUT2D eigenvalue weighted by Gasteiger charge is 2.35. The Morgan fingerprint density at radius 1 is 0.962 bits per heavy atom. The van der Waals surface area contributed by atoms with E-state index in [4.69, 9.17) is 14.2 Å². The molecule has 2 aromatic carbocycles. The van der Waals surface area contributed by atoms with Crippen molar-refractivity contribution in [3.63, 3.8) is 0 Å². The minimum atomic E-state index is -0.511. The molecule has 0 atom stereocenters. The number of hydrogen-bond acceptors (Lipinski definition) is 7. The highest BCUT2D eigenvalue weighted by Crippen LogP contribution is 2.39. The number of carbonyl (C=O) groups excluding carboxylic acids is 3. The van der Waals surface area contributed by atoms with Crippen molar-refractivity contribution in [2.24, 2.45) is 0 Å². The summed E-state index contributed by atoms with van der Waals surface area (Å²) in [7, 11) is 2.82. The second kappa shape index (κ2) is 6.51. The number of aromatic hydroxyl groups is 1. The second-order valence-corrected chi connectivity index (χ2v) is 5.73. The van der Waals surface area contributed by atoms with Crippen LogP contribution >= 0.6 is 0 Å². The molecule has 0 spiro atoms. The van der Waals surface area contributed by atoms with E-state index in [2.05, 4.69) is 0 Å². The van der Waals surface area contributed by atoms with Gasteiger partial charge < -0.3 is 19.3 Å². The van der Waals surface area contributed by atoms with Crippen LogP contribution < -0.4 is 9.47 Å². The molecule has 1 aliphatic carbocycles.